The van der Waals surface area contributed by atoms with Crippen LogP contribution >= 0.6 is 0 Å². The lowest BCUT2D eigenvalue weighted by molar-refractivity contribution is 0.0155. The molecule has 0 unspecified atom stereocenters. The number of nitrogens with zero attached hydrogens (tertiary/aromatic N) is 6. The van der Waals surface area contributed by atoms with E-state index in [4.69, 9.17) is 4.74 Å². The number of carbonyl (C=O) groups excluding carboxylic acids is 2. The van der Waals surface area contributed by atoms with E-state index in [1.165, 1.54) is 0 Å². The van der Waals surface area contributed by atoms with Gasteiger partial charge in [0.25, 0.3) is 0 Å². The Balaban J connectivity index is 1.22. The molecule has 3 aliphatic rings. The summed E-state index contributed by atoms with van der Waals surface area (Å²) in [5.74, 6) is 0.873. The molecule has 2 saturated heterocycles. The summed E-state index contributed by atoms with van der Waals surface area (Å²) in [6.45, 7) is 9.97. The van der Waals surface area contributed by atoms with Gasteiger partial charge in [0.1, 0.15) is 11.4 Å². The van der Waals surface area contributed by atoms with Gasteiger partial charge in [-0.2, -0.15) is 0 Å². The van der Waals surface area contributed by atoms with Crippen molar-refractivity contribution in [3.8, 4) is 17.0 Å². The number of rotatable bonds is 1. The Morgan fingerprint density at radius 1 is 1.00 bits per heavy atom. The van der Waals surface area contributed by atoms with Crippen LogP contribution in [0.4, 0.5) is 21.1 Å². The molecule has 11 heteroatoms. The van der Waals surface area contributed by atoms with Crippen molar-refractivity contribution in [2.45, 2.75) is 32.4 Å². The number of piperazine rings is 2. The Morgan fingerprint density at radius 2 is 1.69 bits per heavy atom. The number of phenolic OH excluding ortho intramolecular Hbond substituents is 1. The van der Waals surface area contributed by atoms with Gasteiger partial charge in [-0.05, 0) is 39.0 Å². The fraction of sp³-hybridized carbons (Fsp3) is 0.520. The fourth-order valence-electron chi connectivity index (χ4n) is 4.89. The molecule has 2 N–H and O–H groups in total. The van der Waals surface area contributed by atoms with Gasteiger partial charge in [-0.15, -0.1) is 10.2 Å². The number of hydrogen-bond acceptors (Lipinski definition) is 8. The van der Waals surface area contributed by atoms with E-state index in [1.54, 1.807) is 17.0 Å². The monoisotopic (exact) mass is 495 g/mol. The predicted octanol–water partition coefficient (Wildman–Crippen LogP) is 2.44. The van der Waals surface area contributed by atoms with Crippen LogP contribution in [0.5, 0.6) is 5.75 Å². The molecule has 1 atom stereocenters. The number of anilines is 2. The number of phenols is 1. The maximum Gasteiger partial charge on any atom is 0.410 e. The van der Waals surface area contributed by atoms with Crippen LogP contribution in [0.2, 0.25) is 0 Å². The van der Waals surface area contributed by atoms with E-state index in [0.717, 1.165) is 5.69 Å². The molecular formula is C25H33N7O4. The van der Waals surface area contributed by atoms with E-state index in [0.29, 0.717) is 69.4 Å². The molecule has 3 aliphatic heterocycles. The Labute approximate surface area is 210 Å². The van der Waals surface area contributed by atoms with E-state index < -0.39 is 5.60 Å². The van der Waals surface area contributed by atoms with Crippen LogP contribution in [0.15, 0.2) is 30.3 Å². The van der Waals surface area contributed by atoms with Crippen molar-refractivity contribution < 1.29 is 19.4 Å². The summed E-state index contributed by atoms with van der Waals surface area (Å²) in [5.41, 5.74) is 1.63. The zero-order chi connectivity index (χ0) is 25.4. The van der Waals surface area contributed by atoms with Gasteiger partial charge in [0.2, 0.25) is 0 Å². The smallest absolute Gasteiger partial charge is 0.410 e. The summed E-state index contributed by atoms with van der Waals surface area (Å²) in [4.78, 5) is 33.3. The predicted molar refractivity (Wildman–Crippen MR) is 135 cm³/mol. The number of aromatic nitrogens is 2. The maximum atomic E-state index is 13.3. The summed E-state index contributed by atoms with van der Waals surface area (Å²) in [6.07, 6.45) is -0.332. The minimum absolute atomic E-state index is 0.00651. The van der Waals surface area contributed by atoms with Crippen molar-refractivity contribution >= 4 is 23.6 Å². The van der Waals surface area contributed by atoms with Crippen LogP contribution in [0.1, 0.15) is 20.8 Å². The topological polar surface area (TPSA) is 114 Å². The summed E-state index contributed by atoms with van der Waals surface area (Å²) in [6, 6.07) is 9.13. The molecule has 0 radical (unpaired) electrons. The molecule has 3 amide bonds. The molecule has 0 bridgehead atoms. The van der Waals surface area contributed by atoms with Gasteiger partial charge in [-0.25, -0.2) is 9.59 Å². The van der Waals surface area contributed by atoms with Crippen LogP contribution in [-0.2, 0) is 4.74 Å². The number of ether oxygens (including phenoxy) is 1. The molecule has 2 aromatic rings. The van der Waals surface area contributed by atoms with Gasteiger partial charge in [0, 0.05) is 57.9 Å². The Kier molecular flexibility index (Phi) is 6.23. The normalized spacial score (nSPS) is 19.8. The van der Waals surface area contributed by atoms with E-state index >= 15 is 0 Å². The third kappa shape index (κ3) is 4.82. The molecule has 192 valence electrons. The Morgan fingerprint density at radius 3 is 2.42 bits per heavy atom. The molecule has 1 aromatic heterocycles. The highest BCUT2D eigenvalue weighted by molar-refractivity contribution is 5.78. The second-order valence-corrected chi connectivity index (χ2v) is 10.4. The lowest BCUT2D eigenvalue weighted by atomic mass is 10.1. The molecule has 5 rings (SSSR count). The zero-order valence-corrected chi connectivity index (χ0v) is 21.0. The molecule has 36 heavy (non-hydrogen) atoms. The fourth-order valence-corrected chi connectivity index (χ4v) is 4.89. The van der Waals surface area contributed by atoms with E-state index in [2.05, 4.69) is 20.4 Å². The molecule has 0 saturated carbocycles. The van der Waals surface area contributed by atoms with Crippen LogP contribution in [0.25, 0.3) is 11.3 Å². The minimum Gasteiger partial charge on any atom is -0.507 e. The number of aromatic hydroxyl groups is 1. The Bertz CT molecular complexity index is 1140. The molecule has 0 aliphatic carbocycles. The van der Waals surface area contributed by atoms with Crippen LogP contribution < -0.4 is 10.2 Å². The number of benzene rings is 1. The first-order valence-electron chi connectivity index (χ1n) is 12.4. The molecular weight excluding hydrogens is 462 g/mol. The summed E-state index contributed by atoms with van der Waals surface area (Å²) in [5, 5.41) is 22.2. The van der Waals surface area contributed by atoms with Gasteiger partial charge < -0.3 is 34.8 Å². The summed E-state index contributed by atoms with van der Waals surface area (Å²) >= 11 is 0. The number of urea groups is 1. The second-order valence-electron chi connectivity index (χ2n) is 10.4. The zero-order valence-electron chi connectivity index (χ0n) is 21.0. The molecule has 1 aromatic carbocycles. The standard InChI is InChI=1S/C25H33N7O4/c1-25(2,3)36-24(35)30-10-8-29(9-11-30)23(34)31-12-13-32-17(16-31)15-26-22-20(32)14-19(27-28-22)18-6-4-5-7-21(18)33/h4-7,14,17,33H,8-13,15-16H2,1-3H3,(H,26,28)/t17-/m0/s1. The quantitative estimate of drug-likeness (QED) is 0.620. The minimum atomic E-state index is -0.538. The highest BCUT2D eigenvalue weighted by Gasteiger charge is 2.37. The third-order valence-electron chi connectivity index (χ3n) is 6.72. The highest BCUT2D eigenvalue weighted by atomic mass is 16.6. The van der Waals surface area contributed by atoms with Gasteiger partial charge in [0.15, 0.2) is 5.82 Å². The van der Waals surface area contributed by atoms with Crippen molar-refractivity contribution in [3.05, 3.63) is 30.3 Å². The molecule has 4 heterocycles. The Hall–Kier alpha value is -3.76. The summed E-state index contributed by atoms with van der Waals surface area (Å²) in [7, 11) is 0. The van der Waals surface area contributed by atoms with Gasteiger partial charge >= 0.3 is 12.1 Å². The van der Waals surface area contributed by atoms with Gasteiger partial charge in [-0.1, -0.05) is 12.1 Å². The van der Waals surface area contributed by atoms with Crippen molar-refractivity contribution in [3.63, 3.8) is 0 Å². The maximum absolute atomic E-state index is 13.3. The average Bonchev–Trinajstić information content (AvgIpc) is 2.87. The van der Waals surface area contributed by atoms with Crippen LogP contribution in [0.3, 0.4) is 0 Å². The average molecular weight is 496 g/mol. The van der Waals surface area contributed by atoms with E-state index in [-0.39, 0.29) is 23.9 Å². The number of amides is 3. The highest BCUT2D eigenvalue weighted by Crippen LogP contribution is 2.36. The van der Waals surface area contributed by atoms with Crippen LogP contribution in [0, 0.1) is 0 Å². The lowest BCUT2D eigenvalue weighted by Gasteiger charge is -2.47. The second kappa shape index (κ2) is 9.36. The lowest BCUT2D eigenvalue weighted by Crippen LogP contribution is -2.62. The molecule has 11 nitrogen and oxygen atoms in total. The molecule has 2 fully saturated rings. The number of hydrogen-bond donors (Lipinski definition) is 2. The number of para-hydroxylation sites is 1. The third-order valence-corrected chi connectivity index (χ3v) is 6.72. The van der Waals surface area contributed by atoms with Crippen molar-refractivity contribution in [2.75, 3.05) is 62.6 Å². The first kappa shape index (κ1) is 24.0. The van der Waals surface area contributed by atoms with Crippen LogP contribution in [-0.4, -0.2) is 106 Å². The first-order valence-corrected chi connectivity index (χ1v) is 12.4. The van der Waals surface area contributed by atoms with Crippen molar-refractivity contribution in [1.82, 2.24) is 24.9 Å². The van der Waals surface area contributed by atoms with Crippen molar-refractivity contribution in [1.29, 1.82) is 0 Å². The number of nitrogens with one attached hydrogen (secondary N) is 1. The van der Waals surface area contributed by atoms with Gasteiger partial charge in [-0.3, -0.25) is 0 Å². The SMILES string of the molecule is CC(C)(C)OC(=O)N1CCN(C(=O)N2CCN3c4cc(-c5ccccc5O)nnc4NC[C@H]3C2)CC1. The van der Waals surface area contributed by atoms with E-state index in [1.807, 2.05) is 48.8 Å². The number of fused-ring (bicyclic) bond motifs is 3. The van der Waals surface area contributed by atoms with E-state index in [9.17, 15) is 14.7 Å². The summed E-state index contributed by atoms with van der Waals surface area (Å²) < 4.78 is 5.46. The van der Waals surface area contributed by atoms with Gasteiger partial charge in [0.05, 0.1) is 17.4 Å². The first-order chi connectivity index (χ1) is 17.2. The molecule has 0 spiro atoms. The largest absolute Gasteiger partial charge is 0.507 e. The number of carbonyl (C=O) groups is 2. The van der Waals surface area contributed by atoms with Crippen molar-refractivity contribution in [2.24, 2.45) is 0 Å².